The predicted octanol–water partition coefficient (Wildman–Crippen LogP) is 8.84. The molecule has 264 valence electrons. The zero-order valence-electron chi connectivity index (χ0n) is 29.6. The molecule has 3 atom stereocenters. The standard InChI is InChI=1S/C44H39N5O4/c1-4-27(3)40(43(51)48-47-42(50)37-25-29-24-31(21-22-35(29)45-37)53-30-16-12-13-26(2)23-30)49-41(32-17-8-9-18-33(32)44(49)52)38-34-19-10-11-20-36(34)46-39(38)28-14-6-5-7-15-28/h5-25,27,40-41,45-46H,4H2,1-3H3,(H,47,50)(H,48,51). The Balaban J connectivity index is 1.10. The van der Waals surface area contributed by atoms with Gasteiger partial charge in [0.25, 0.3) is 17.7 Å². The van der Waals surface area contributed by atoms with E-state index in [0.29, 0.717) is 17.7 Å². The number of carbonyl (C=O) groups is 3. The van der Waals surface area contributed by atoms with Crippen LogP contribution in [0.15, 0.2) is 127 Å². The van der Waals surface area contributed by atoms with Gasteiger partial charge in [-0.15, -0.1) is 0 Å². The molecule has 0 radical (unpaired) electrons. The number of nitrogens with one attached hydrogen (secondary N) is 4. The molecule has 8 rings (SSSR count). The van der Waals surface area contributed by atoms with Crippen LogP contribution in [0.3, 0.4) is 0 Å². The SMILES string of the molecule is CCC(C)C(C(=O)NNC(=O)c1cc2cc(Oc3cccc(C)c3)ccc2[nH]1)N1C(=O)c2ccccc2C1c1c(-c2ccccc2)[nH]c2ccccc12. The van der Waals surface area contributed by atoms with Gasteiger partial charge in [0.2, 0.25) is 0 Å². The average molecular weight is 702 g/mol. The lowest BCUT2D eigenvalue weighted by Crippen LogP contribution is -2.55. The smallest absolute Gasteiger partial charge is 0.286 e. The van der Waals surface area contributed by atoms with E-state index in [4.69, 9.17) is 4.74 Å². The van der Waals surface area contributed by atoms with Gasteiger partial charge >= 0.3 is 0 Å². The van der Waals surface area contributed by atoms with E-state index >= 15 is 0 Å². The largest absolute Gasteiger partial charge is 0.457 e. The molecular weight excluding hydrogens is 663 g/mol. The van der Waals surface area contributed by atoms with Crippen molar-refractivity contribution in [3.05, 3.63) is 155 Å². The molecule has 53 heavy (non-hydrogen) atoms. The molecule has 9 nitrogen and oxygen atoms in total. The third-order valence-electron chi connectivity index (χ3n) is 10.2. The van der Waals surface area contributed by atoms with Crippen molar-refractivity contribution in [3.63, 3.8) is 0 Å². The lowest BCUT2D eigenvalue weighted by atomic mass is 9.90. The van der Waals surface area contributed by atoms with E-state index in [9.17, 15) is 14.4 Å². The number of aromatic nitrogens is 2. The van der Waals surface area contributed by atoms with Gasteiger partial charge in [-0.3, -0.25) is 25.2 Å². The summed E-state index contributed by atoms with van der Waals surface area (Å²) in [5.41, 5.74) is 12.5. The van der Waals surface area contributed by atoms with Crippen molar-refractivity contribution >= 4 is 39.5 Å². The Morgan fingerprint density at radius 1 is 0.792 bits per heavy atom. The third kappa shape index (κ3) is 6.20. The Morgan fingerprint density at radius 2 is 1.55 bits per heavy atom. The van der Waals surface area contributed by atoms with Crippen LogP contribution in [0, 0.1) is 12.8 Å². The Bertz CT molecular complexity index is 2500. The van der Waals surface area contributed by atoms with Crippen LogP contribution in [0.4, 0.5) is 0 Å². The van der Waals surface area contributed by atoms with Crippen molar-refractivity contribution < 1.29 is 19.1 Å². The quantitative estimate of drug-likeness (QED) is 0.113. The van der Waals surface area contributed by atoms with Crippen molar-refractivity contribution in [2.24, 2.45) is 5.92 Å². The summed E-state index contributed by atoms with van der Waals surface area (Å²) in [5, 5.41) is 1.74. The van der Waals surface area contributed by atoms with E-state index in [1.54, 1.807) is 11.0 Å². The Hall–Kier alpha value is -6.61. The van der Waals surface area contributed by atoms with Gasteiger partial charge in [0, 0.05) is 32.9 Å². The second-order valence-electron chi connectivity index (χ2n) is 13.7. The van der Waals surface area contributed by atoms with Gasteiger partial charge in [-0.25, -0.2) is 0 Å². The molecule has 0 spiro atoms. The van der Waals surface area contributed by atoms with Crippen LogP contribution in [0.25, 0.3) is 33.1 Å². The van der Waals surface area contributed by atoms with Crippen molar-refractivity contribution in [3.8, 4) is 22.8 Å². The topological polar surface area (TPSA) is 119 Å². The third-order valence-corrected chi connectivity index (χ3v) is 10.2. The zero-order chi connectivity index (χ0) is 36.6. The molecular formula is C44H39N5O4. The van der Waals surface area contributed by atoms with Crippen molar-refractivity contribution in [2.45, 2.75) is 39.3 Å². The summed E-state index contributed by atoms with van der Waals surface area (Å²) in [6.07, 6.45) is 0.618. The summed E-state index contributed by atoms with van der Waals surface area (Å²) in [4.78, 5) is 50.8. The highest BCUT2D eigenvalue weighted by atomic mass is 16.5. The number of aromatic amines is 2. The van der Waals surface area contributed by atoms with Gasteiger partial charge in [0.05, 0.1) is 11.7 Å². The van der Waals surface area contributed by atoms with Crippen LogP contribution < -0.4 is 15.6 Å². The fourth-order valence-electron chi connectivity index (χ4n) is 7.45. The maximum atomic E-state index is 14.5. The van der Waals surface area contributed by atoms with Crippen LogP contribution in [0.5, 0.6) is 11.5 Å². The second kappa shape index (κ2) is 13.8. The summed E-state index contributed by atoms with van der Waals surface area (Å²) in [6, 6.07) is 39.2. The highest BCUT2D eigenvalue weighted by molar-refractivity contribution is 6.05. The van der Waals surface area contributed by atoms with Crippen LogP contribution >= 0.6 is 0 Å². The molecule has 0 saturated heterocycles. The van der Waals surface area contributed by atoms with E-state index in [2.05, 4.69) is 20.8 Å². The molecule has 0 fully saturated rings. The van der Waals surface area contributed by atoms with Crippen molar-refractivity contribution in [1.82, 2.24) is 25.7 Å². The molecule has 3 unspecified atom stereocenters. The molecule has 1 aliphatic rings. The van der Waals surface area contributed by atoms with Crippen LogP contribution in [-0.4, -0.2) is 38.6 Å². The Kier molecular flexibility index (Phi) is 8.76. The monoisotopic (exact) mass is 701 g/mol. The maximum Gasteiger partial charge on any atom is 0.286 e. The highest BCUT2D eigenvalue weighted by Crippen LogP contribution is 2.47. The predicted molar refractivity (Wildman–Crippen MR) is 207 cm³/mol. The minimum absolute atomic E-state index is 0.235. The number of hydrogen-bond acceptors (Lipinski definition) is 4. The number of para-hydroxylation sites is 1. The number of rotatable bonds is 9. The molecule has 4 N–H and O–H groups in total. The van der Waals surface area contributed by atoms with E-state index in [1.165, 1.54) is 0 Å². The number of hydrazine groups is 1. The van der Waals surface area contributed by atoms with Crippen LogP contribution in [-0.2, 0) is 4.79 Å². The first-order valence-electron chi connectivity index (χ1n) is 17.9. The maximum absolute atomic E-state index is 14.5. The van der Waals surface area contributed by atoms with Gasteiger partial charge in [-0.05, 0) is 78.1 Å². The number of carbonyl (C=O) groups excluding carboxylic acids is 3. The molecule has 3 heterocycles. The van der Waals surface area contributed by atoms with Crippen LogP contribution in [0.1, 0.15) is 63.8 Å². The van der Waals surface area contributed by atoms with Crippen molar-refractivity contribution in [2.75, 3.05) is 0 Å². The van der Waals surface area contributed by atoms with E-state index in [1.807, 2.05) is 142 Å². The summed E-state index contributed by atoms with van der Waals surface area (Å²) in [6.45, 7) is 5.96. The zero-order valence-corrected chi connectivity index (χ0v) is 29.6. The first-order chi connectivity index (χ1) is 25.8. The first kappa shape index (κ1) is 33.5. The normalized spacial score (nSPS) is 15.0. The lowest BCUT2D eigenvalue weighted by Gasteiger charge is -2.36. The highest BCUT2D eigenvalue weighted by Gasteiger charge is 2.47. The molecule has 9 heteroatoms. The van der Waals surface area contributed by atoms with Gasteiger partial charge in [0.1, 0.15) is 23.2 Å². The number of amides is 3. The minimum Gasteiger partial charge on any atom is -0.457 e. The number of aryl methyl sites for hydroxylation is 1. The number of benzene rings is 5. The fraction of sp³-hybridized carbons (Fsp3) is 0.159. The second-order valence-corrected chi connectivity index (χ2v) is 13.7. The lowest BCUT2D eigenvalue weighted by molar-refractivity contribution is -0.128. The number of fused-ring (bicyclic) bond motifs is 3. The number of hydrogen-bond donors (Lipinski definition) is 4. The summed E-state index contributed by atoms with van der Waals surface area (Å²) >= 11 is 0. The number of H-pyrrole nitrogens is 2. The van der Waals surface area contributed by atoms with Gasteiger partial charge < -0.3 is 19.6 Å². The molecule has 7 aromatic rings. The Labute approximate surface area is 307 Å². The van der Waals surface area contributed by atoms with Gasteiger partial charge in [-0.1, -0.05) is 99.1 Å². The molecule has 5 aromatic carbocycles. The van der Waals surface area contributed by atoms with Gasteiger partial charge in [-0.2, -0.15) is 0 Å². The van der Waals surface area contributed by atoms with E-state index in [-0.39, 0.29) is 17.5 Å². The van der Waals surface area contributed by atoms with E-state index in [0.717, 1.165) is 55.5 Å². The molecule has 0 bridgehead atoms. The molecule has 2 aromatic heterocycles. The van der Waals surface area contributed by atoms with Crippen LogP contribution in [0.2, 0.25) is 0 Å². The first-order valence-corrected chi connectivity index (χ1v) is 17.9. The summed E-state index contributed by atoms with van der Waals surface area (Å²) < 4.78 is 6.04. The van der Waals surface area contributed by atoms with Crippen molar-refractivity contribution in [1.29, 1.82) is 0 Å². The average Bonchev–Trinajstić information content (AvgIpc) is 3.86. The molecule has 0 aliphatic carbocycles. The molecule has 3 amide bonds. The minimum atomic E-state index is -0.911. The molecule has 1 aliphatic heterocycles. The number of nitrogens with zero attached hydrogens (tertiary/aromatic N) is 1. The summed E-state index contributed by atoms with van der Waals surface area (Å²) in [7, 11) is 0. The fourth-order valence-corrected chi connectivity index (χ4v) is 7.45. The Morgan fingerprint density at radius 3 is 2.36 bits per heavy atom. The summed E-state index contributed by atoms with van der Waals surface area (Å²) in [5.74, 6) is -0.132. The number of ether oxygens (including phenoxy) is 1. The van der Waals surface area contributed by atoms with E-state index < -0.39 is 23.9 Å². The van der Waals surface area contributed by atoms with Gasteiger partial charge in [0.15, 0.2) is 0 Å². The molecule has 0 saturated carbocycles.